The van der Waals surface area contributed by atoms with Gasteiger partial charge in [-0.25, -0.2) is 4.79 Å². The molecule has 1 heterocycles. The van der Waals surface area contributed by atoms with Crippen LogP contribution in [0.2, 0.25) is 0 Å². The van der Waals surface area contributed by atoms with E-state index in [0.29, 0.717) is 12.4 Å². The van der Waals surface area contributed by atoms with Crippen LogP contribution in [0.15, 0.2) is 21.5 Å². The van der Waals surface area contributed by atoms with Crippen LogP contribution in [0.5, 0.6) is 0 Å². The second kappa shape index (κ2) is 5.12. The fourth-order valence-corrected chi connectivity index (χ4v) is 1.30. The Balaban J connectivity index is 2.39. The number of aromatic nitrogens is 2. The Morgan fingerprint density at radius 2 is 2.19 bits per heavy atom. The van der Waals surface area contributed by atoms with Gasteiger partial charge in [0.25, 0.3) is 0 Å². The lowest BCUT2D eigenvalue weighted by atomic mass is 10.0. The minimum absolute atomic E-state index is 0.180. The van der Waals surface area contributed by atoms with Gasteiger partial charge in [0.15, 0.2) is 5.82 Å². The topological polar surface area (TPSA) is 74.0 Å². The Morgan fingerprint density at radius 3 is 2.69 bits per heavy atom. The molecule has 1 rings (SSSR count). The molecule has 5 nitrogen and oxygen atoms in total. The van der Waals surface area contributed by atoms with Crippen molar-refractivity contribution in [3.63, 3.8) is 0 Å². The Kier molecular flexibility index (Phi) is 4.06. The van der Waals surface area contributed by atoms with Gasteiger partial charge in [-0.05, 0) is 33.6 Å². The standard InChI is InChI=1S/C11H19N3O2/c1-9-13-16-10(15)14(9)8-6-4-5-7-11(2,3)12/h4-5H,6-8,12H2,1-3H3/b5-4-. The molecule has 0 saturated carbocycles. The second-order valence-electron chi connectivity index (χ2n) is 4.60. The zero-order chi connectivity index (χ0) is 12.2. The lowest BCUT2D eigenvalue weighted by Crippen LogP contribution is -2.30. The monoisotopic (exact) mass is 225 g/mol. The van der Waals surface area contributed by atoms with Gasteiger partial charge in [-0.3, -0.25) is 9.09 Å². The molecule has 5 heteroatoms. The quantitative estimate of drug-likeness (QED) is 0.764. The molecular formula is C11H19N3O2. The van der Waals surface area contributed by atoms with E-state index >= 15 is 0 Å². The van der Waals surface area contributed by atoms with Crippen LogP contribution in [-0.4, -0.2) is 15.3 Å². The number of rotatable bonds is 5. The molecule has 0 amide bonds. The zero-order valence-electron chi connectivity index (χ0n) is 10.1. The summed E-state index contributed by atoms with van der Waals surface area (Å²) < 4.78 is 6.03. The first kappa shape index (κ1) is 12.7. The third-order valence-corrected chi connectivity index (χ3v) is 2.20. The van der Waals surface area contributed by atoms with E-state index in [9.17, 15) is 4.79 Å². The SMILES string of the molecule is Cc1noc(=O)n1CC/C=C\CC(C)(C)N. The third kappa shape index (κ3) is 4.02. The summed E-state index contributed by atoms with van der Waals surface area (Å²) in [6, 6.07) is 0. The summed E-state index contributed by atoms with van der Waals surface area (Å²) in [5.41, 5.74) is 5.65. The molecule has 2 N–H and O–H groups in total. The van der Waals surface area contributed by atoms with Gasteiger partial charge < -0.3 is 5.73 Å². The normalized spacial score (nSPS) is 12.5. The molecule has 1 aromatic heterocycles. The first-order valence-electron chi connectivity index (χ1n) is 5.37. The Hall–Kier alpha value is -1.36. The van der Waals surface area contributed by atoms with Crippen LogP contribution in [0, 0.1) is 6.92 Å². The van der Waals surface area contributed by atoms with E-state index in [2.05, 4.69) is 9.68 Å². The van der Waals surface area contributed by atoms with Gasteiger partial charge in [0.1, 0.15) is 0 Å². The maximum atomic E-state index is 11.2. The van der Waals surface area contributed by atoms with Crippen molar-refractivity contribution in [1.29, 1.82) is 0 Å². The van der Waals surface area contributed by atoms with Crippen LogP contribution in [0.1, 0.15) is 32.5 Å². The van der Waals surface area contributed by atoms with E-state index in [1.807, 2.05) is 26.0 Å². The fourth-order valence-electron chi connectivity index (χ4n) is 1.30. The Labute approximate surface area is 94.9 Å². The van der Waals surface area contributed by atoms with Crippen molar-refractivity contribution in [2.75, 3.05) is 0 Å². The number of hydrogen-bond donors (Lipinski definition) is 1. The second-order valence-corrected chi connectivity index (χ2v) is 4.60. The first-order valence-corrected chi connectivity index (χ1v) is 5.37. The van der Waals surface area contributed by atoms with Crippen LogP contribution >= 0.6 is 0 Å². The maximum Gasteiger partial charge on any atom is 0.441 e. The molecule has 90 valence electrons. The summed E-state index contributed by atoms with van der Waals surface area (Å²) in [6.07, 6.45) is 5.66. The fraction of sp³-hybridized carbons (Fsp3) is 0.636. The van der Waals surface area contributed by atoms with Crippen LogP contribution in [-0.2, 0) is 6.54 Å². The van der Waals surface area contributed by atoms with E-state index in [-0.39, 0.29) is 5.54 Å². The summed E-state index contributed by atoms with van der Waals surface area (Å²) in [5, 5.41) is 3.59. The Morgan fingerprint density at radius 1 is 1.50 bits per heavy atom. The summed E-state index contributed by atoms with van der Waals surface area (Å²) >= 11 is 0. The predicted octanol–water partition coefficient (Wildman–Crippen LogP) is 1.22. The smallest absolute Gasteiger partial charge is 0.325 e. The van der Waals surface area contributed by atoms with E-state index in [4.69, 9.17) is 5.73 Å². The van der Waals surface area contributed by atoms with E-state index in [1.165, 1.54) is 4.57 Å². The van der Waals surface area contributed by atoms with Crippen molar-refractivity contribution in [1.82, 2.24) is 9.72 Å². The highest BCUT2D eigenvalue weighted by atomic mass is 16.5. The van der Waals surface area contributed by atoms with Crippen LogP contribution in [0.25, 0.3) is 0 Å². The molecular weight excluding hydrogens is 206 g/mol. The van der Waals surface area contributed by atoms with Crippen molar-refractivity contribution < 1.29 is 4.52 Å². The minimum atomic E-state index is -0.398. The van der Waals surface area contributed by atoms with Crippen molar-refractivity contribution in [2.24, 2.45) is 5.73 Å². The molecule has 1 aromatic rings. The predicted molar refractivity (Wildman–Crippen MR) is 62.1 cm³/mol. The highest BCUT2D eigenvalue weighted by Gasteiger charge is 2.07. The average molecular weight is 225 g/mol. The number of hydrogen-bond acceptors (Lipinski definition) is 4. The van der Waals surface area contributed by atoms with E-state index in [0.717, 1.165) is 12.8 Å². The lowest BCUT2D eigenvalue weighted by Gasteiger charge is -2.14. The molecule has 0 fully saturated rings. The highest BCUT2D eigenvalue weighted by Crippen LogP contribution is 2.04. The van der Waals surface area contributed by atoms with Crippen LogP contribution < -0.4 is 11.5 Å². The van der Waals surface area contributed by atoms with E-state index < -0.39 is 5.76 Å². The maximum absolute atomic E-state index is 11.2. The van der Waals surface area contributed by atoms with Gasteiger partial charge in [0.2, 0.25) is 0 Å². The summed E-state index contributed by atoms with van der Waals surface area (Å²) in [6.45, 7) is 6.30. The average Bonchev–Trinajstić information content (AvgIpc) is 2.46. The number of allylic oxidation sites excluding steroid dienone is 1. The van der Waals surface area contributed by atoms with Crippen molar-refractivity contribution >= 4 is 0 Å². The molecule has 0 saturated heterocycles. The van der Waals surface area contributed by atoms with Gasteiger partial charge in [-0.1, -0.05) is 17.3 Å². The number of nitrogens with zero attached hydrogens (tertiary/aromatic N) is 2. The molecule has 0 aliphatic carbocycles. The molecule has 0 unspecified atom stereocenters. The molecule has 0 radical (unpaired) electrons. The molecule has 0 spiro atoms. The van der Waals surface area contributed by atoms with Gasteiger partial charge in [-0.2, -0.15) is 0 Å². The highest BCUT2D eigenvalue weighted by molar-refractivity contribution is 4.90. The first-order chi connectivity index (χ1) is 7.40. The molecule has 0 atom stereocenters. The molecule has 0 aliphatic heterocycles. The Bertz CT molecular complexity index is 410. The van der Waals surface area contributed by atoms with Gasteiger partial charge in [0.05, 0.1) is 0 Å². The summed E-state index contributed by atoms with van der Waals surface area (Å²) in [5.74, 6) is 0.211. The zero-order valence-corrected chi connectivity index (χ0v) is 10.1. The van der Waals surface area contributed by atoms with Gasteiger partial charge >= 0.3 is 5.76 Å². The largest absolute Gasteiger partial charge is 0.441 e. The van der Waals surface area contributed by atoms with Crippen molar-refractivity contribution in [3.8, 4) is 0 Å². The van der Waals surface area contributed by atoms with Gasteiger partial charge in [0, 0.05) is 12.1 Å². The van der Waals surface area contributed by atoms with Crippen molar-refractivity contribution in [2.45, 2.75) is 45.7 Å². The molecule has 16 heavy (non-hydrogen) atoms. The number of aryl methyl sites for hydroxylation is 1. The van der Waals surface area contributed by atoms with E-state index in [1.54, 1.807) is 6.92 Å². The minimum Gasteiger partial charge on any atom is -0.325 e. The summed E-state index contributed by atoms with van der Waals surface area (Å²) in [7, 11) is 0. The number of nitrogens with two attached hydrogens (primary N) is 1. The van der Waals surface area contributed by atoms with Gasteiger partial charge in [-0.15, -0.1) is 0 Å². The van der Waals surface area contributed by atoms with Crippen molar-refractivity contribution in [3.05, 3.63) is 28.5 Å². The molecule has 0 aliphatic rings. The molecule has 0 bridgehead atoms. The lowest BCUT2D eigenvalue weighted by molar-refractivity contribution is 0.374. The third-order valence-electron chi connectivity index (χ3n) is 2.20. The van der Waals surface area contributed by atoms with Crippen LogP contribution in [0.4, 0.5) is 0 Å². The summed E-state index contributed by atoms with van der Waals surface area (Å²) in [4.78, 5) is 11.2. The molecule has 0 aromatic carbocycles. The van der Waals surface area contributed by atoms with Crippen LogP contribution in [0.3, 0.4) is 0 Å².